The molecule has 2 N–H and O–H groups in total. The largest absolute Gasteiger partial charge is 0.481 e. The second-order valence-electron chi connectivity index (χ2n) is 9.03. The molecule has 1 aromatic heterocycles. The van der Waals surface area contributed by atoms with E-state index < -0.39 is 23.6 Å². The zero-order chi connectivity index (χ0) is 23.6. The number of tetrazole rings is 1. The van der Waals surface area contributed by atoms with E-state index in [0.717, 1.165) is 16.3 Å². The molecule has 3 aromatic carbocycles. The first-order valence-electron chi connectivity index (χ1n) is 10.7. The van der Waals surface area contributed by atoms with Crippen LogP contribution in [0.15, 0.2) is 66.7 Å². The lowest BCUT2D eigenvalue weighted by molar-refractivity contribution is -0.137. The van der Waals surface area contributed by atoms with Crippen LogP contribution in [-0.2, 0) is 10.3 Å². The minimum absolute atomic E-state index is 0.188. The SMILES string of the molecule is CC(C)(C)n1nnnc1C(NC(CC(=O)O)c1ccc(F)cc1)c1ccc2ccccc2c1. The molecule has 2 atom stereocenters. The van der Waals surface area contributed by atoms with Crippen LogP contribution < -0.4 is 5.32 Å². The van der Waals surface area contributed by atoms with Crippen LogP contribution in [0.25, 0.3) is 10.8 Å². The first kappa shape index (κ1) is 22.5. The number of hydrogen-bond donors (Lipinski definition) is 2. The summed E-state index contributed by atoms with van der Waals surface area (Å²) in [6, 6.07) is 18.8. The molecule has 8 heteroatoms. The van der Waals surface area contributed by atoms with Crippen molar-refractivity contribution < 1.29 is 14.3 Å². The fourth-order valence-corrected chi connectivity index (χ4v) is 3.90. The van der Waals surface area contributed by atoms with E-state index in [1.54, 1.807) is 16.8 Å². The summed E-state index contributed by atoms with van der Waals surface area (Å²) in [4.78, 5) is 11.7. The number of rotatable bonds is 7. The van der Waals surface area contributed by atoms with Crippen molar-refractivity contribution >= 4 is 16.7 Å². The van der Waals surface area contributed by atoms with Gasteiger partial charge in [-0.3, -0.25) is 10.1 Å². The lowest BCUT2D eigenvalue weighted by atomic mass is 9.97. The Labute approximate surface area is 191 Å². The van der Waals surface area contributed by atoms with Crippen molar-refractivity contribution in [2.45, 2.75) is 44.8 Å². The lowest BCUT2D eigenvalue weighted by Crippen LogP contribution is -2.34. The first-order chi connectivity index (χ1) is 15.7. The minimum atomic E-state index is -0.968. The van der Waals surface area contributed by atoms with E-state index in [4.69, 9.17) is 0 Å². The maximum Gasteiger partial charge on any atom is 0.305 e. The van der Waals surface area contributed by atoms with Crippen molar-refractivity contribution in [1.82, 2.24) is 25.5 Å². The van der Waals surface area contributed by atoms with E-state index in [0.29, 0.717) is 11.4 Å². The Balaban J connectivity index is 1.83. The summed E-state index contributed by atoms with van der Waals surface area (Å²) in [5.41, 5.74) is 1.17. The number of nitrogens with one attached hydrogen (secondary N) is 1. The Hall–Kier alpha value is -3.65. The van der Waals surface area contributed by atoms with Gasteiger partial charge in [-0.2, -0.15) is 0 Å². The highest BCUT2D eigenvalue weighted by atomic mass is 19.1. The quantitative estimate of drug-likeness (QED) is 0.430. The van der Waals surface area contributed by atoms with Gasteiger partial charge in [0, 0.05) is 6.04 Å². The summed E-state index contributed by atoms with van der Waals surface area (Å²) in [6.07, 6.45) is -0.188. The second kappa shape index (κ2) is 9.07. The lowest BCUT2D eigenvalue weighted by Gasteiger charge is -2.28. The summed E-state index contributed by atoms with van der Waals surface area (Å²) in [6.45, 7) is 6.00. The molecule has 2 unspecified atom stereocenters. The van der Waals surface area contributed by atoms with Crippen LogP contribution >= 0.6 is 0 Å². The third-order valence-corrected chi connectivity index (χ3v) is 5.51. The molecule has 0 aliphatic carbocycles. The molecule has 0 saturated carbocycles. The molecular formula is C25H26FN5O2. The van der Waals surface area contributed by atoms with Gasteiger partial charge in [-0.05, 0) is 71.3 Å². The summed E-state index contributed by atoms with van der Waals surface area (Å²) in [7, 11) is 0. The molecule has 0 aliphatic rings. The minimum Gasteiger partial charge on any atom is -0.481 e. The topological polar surface area (TPSA) is 92.9 Å². The van der Waals surface area contributed by atoms with Gasteiger partial charge in [0.15, 0.2) is 5.82 Å². The first-order valence-corrected chi connectivity index (χ1v) is 10.7. The number of fused-ring (bicyclic) bond motifs is 1. The molecule has 0 fully saturated rings. The predicted molar refractivity (Wildman–Crippen MR) is 123 cm³/mol. The van der Waals surface area contributed by atoms with E-state index in [2.05, 4.69) is 26.9 Å². The van der Waals surface area contributed by atoms with E-state index in [-0.39, 0.29) is 12.2 Å². The predicted octanol–water partition coefficient (Wildman–Crippen LogP) is 4.62. The van der Waals surface area contributed by atoms with Gasteiger partial charge in [0.05, 0.1) is 18.0 Å². The van der Waals surface area contributed by atoms with Crippen molar-refractivity contribution in [3.05, 3.63) is 89.5 Å². The normalized spacial score (nSPS) is 13.7. The Morgan fingerprint density at radius 1 is 1.03 bits per heavy atom. The van der Waals surface area contributed by atoms with E-state index in [9.17, 15) is 14.3 Å². The van der Waals surface area contributed by atoms with E-state index in [1.165, 1.54) is 12.1 Å². The number of carbonyl (C=O) groups is 1. The number of carboxylic acids is 1. The van der Waals surface area contributed by atoms with Crippen LogP contribution in [0.1, 0.15) is 56.2 Å². The van der Waals surface area contributed by atoms with Crippen LogP contribution in [0.5, 0.6) is 0 Å². The Morgan fingerprint density at radius 3 is 2.36 bits per heavy atom. The molecule has 4 rings (SSSR count). The van der Waals surface area contributed by atoms with Crippen LogP contribution in [0.4, 0.5) is 4.39 Å². The van der Waals surface area contributed by atoms with Crippen molar-refractivity contribution in [3.63, 3.8) is 0 Å². The second-order valence-corrected chi connectivity index (χ2v) is 9.03. The van der Waals surface area contributed by atoms with Crippen molar-refractivity contribution in [2.24, 2.45) is 0 Å². The number of hydrogen-bond acceptors (Lipinski definition) is 5. The number of benzene rings is 3. The molecule has 0 aliphatic heterocycles. The maximum absolute atomic E-state index is 13.5. The monoisotopic (exact) mass is 447 g/mol. The highest BCUT2D eigenvalue weighted by molar-refractivity contribution is 5.83. The Morgan fingerprint density at radius 2 is 1.70 bits per heavy atom. The van der Waals surface area contributed by atoms with Gasteiger partial charge in [0.25, 0.3) is 0 Å². The zero-order valence-electron chi connectivity index (χ0n) is 18.7. The Bertz CT molecular complexity index is 1260. The summed E-state index contributed by atoms with van der Waals surface area (Å²) in [5.74, 6) is -0.782. The van der Waals surface area contributed by atoms with Crippen LogP contribution in [-0.4, -0.2) is 31.3 Å². The summed E-state index contributed by atoms with van der Waals surface area (Å²) in [5, 5.41) is 27.6. The number of aromatic nitrogens is 4. The van der Waals surface area contributed by atoms with Gasteiger partial charge in [0.2, 0.25) is 0 Å². The average Bonchev–Trinajstić information content (AvgIpc) is 3.27. The van der Waals surface area contributed by atoms with Crippen molar-refractivity contribution in [1.29, 1.82) is 0 Å². The van der Waals surface area contributed by atoms with Crippen molar-refractivity contribution in [2.75, 3.05) is 0 Å². The van der Waals surface area contributed by atoms with Gasteiger partial charge >= 0.3 is 5.97 Å². The molecule has 170 valence electrons. The number of nitrogens with zero attached hydrogens (tertiary/aromatic N) is 4. The van der Waals surface area contributed by atoms with Gasteiger partial charge in [-0.1, -0.05) is 48.5 Å². The molecule has 0 radical (unpaired) electrons. The molecule has 33 heavy (non-hydrogen) atoms. The highest BCUT2D eigenvalue weighted by Gasteiger charge is 2.30. The standard InChI is InChI=1S/C25H26FN5O2/c1-25(2,3)31-24(28-29-30-31)23(19-9-8-16-6-4-5-7-18(16)14-19)27-21(15-22(32)33)17-10-12-20(26)13-11-17/h4-14,21,23,27H,15H2,1-3H3,(H,32,33). The van der Waals surface area contributed by atoms with Crippen LogP contribution in [0.3, 0.4) is 0 Å². The maximum atomic E-state index is 13.5. The number of carboxylic acid groups (broad SMARTS) is 1. The number of halogens is 1. The third-order valence-electron chi connectivity index (χ3n) is 5.51. The molecule has 4 aromatic rings. The van der Waals surface area contributed by atoms with Gasteiger partial charge < -0.3 is 5.11 Å². The highest BCUT2D eigenvalue weighted by Crippen LogP contribution is 2.30. The Kier molecular flexibility index (Phi) is 6.20. The molecular weight excluding hydrogens is 421 g/mol. The summed E-state index contributed by atoms with van der Waals surface area (Å²) >= 11 is 0. The van der Waals surface area contributed by atoms with Gasteiger partial charge in [0.1, 0.15) is 5.82 Å². The van der Waals surface area contributed by atoms with Gasteiger partial charge in [-0.15, -0.1) is 5.10 Å². The smallest absolute Gasteiger partial charge is 0.305 e. The van der Waals surface area contributed by atoms with Crippen molar-refractivity contribution in [3.8, 4) is 0 Å². The molecule has 0 amide bonds. The van der Waals surface area contributed by atoms with E-state index in [1.807, 2.05) is 57.2 Å². The number of aliphatic carboxylic acids is 1. The van der Waals surface area contributed by atoms with Gasteiger partial charge in [-0.25, -0.2) is 9.07 Å². The summed E-state index contributed by atoms with van der Waals surface area (Å²) < 4.78 is 15.3. The fraction of sp³-hybridized carbons (Fsp3) is 0.280. The molecule has 0 saturated heterocycles. The molecule has 7 nitrogen and oxygen atoms in total. The average molecular weight is 448 g/mol. The zero-order valence-corrected chi connectivity index (χ0v) is 18.7. The van der Waals surface area contributed by atoms with Crippen LogP contribution in [0, 0.1) is 5.82 Å². The third kappa shape index (κ3) is 5.06. The van der Waals surface area contributed by atoms with E-state index >= 15 is 0 Å². The fourth-order valence-electron chi connectivity index (χ4n) is 3.90. The molecule has 1 heterocycles. The van der Waals surface area contributed by atoms with Crippen LogP contribution in [0.2, 0.25) is 0 Å². The molecule has 0 spiro atoms. The molecule has 0 bridgehead atoms.